The van der Waals surface area contributed by atoms with Crippen molar-refractivity contribution in [3.05, 3.63) is 36.3 Å². The van der Waals surface area contributed by atoms with E-state index >= 15 is 0 Å². The van der Waals surface area contributed by atoms with Crippen molar-refractivity contribution in [1.29, 1.82) is 0 Å². The van der Waals surface area contributed by atoms with Gasteiger partial charge in [-0.05, 0) is 44.4 Å². The second-order valence-corrected chi connectivity index (χ2v) is 7.22. The molecular weight excluding hydrogens is 374 g/mol. The van der Waals surface area contributed by atoms with Gasteiger partial charge in [0.25, 0.3) is 5.91 Å². The number of nitrogens with zero attached hydrogens (tertiary/aromatic N) is 2. The number of imidazole rings is 1. The van der Waals surface area contributed by atoms with Crippen LogP contribution in [-0.2, 0) is 14.3 Å². The molecule has 0 radical (unpaired) electrons. The molecule has 0 unspecified atom stereocenters. The molecule has 9 heteroatoms. The van der Waals surface area contributed by atoms with E-state index in [1.807, 2.05) is 12.1 Å². The molecule has 1 aliphatic carbocycles. The van der Waals surface area contributed by atoms with E-state index < -0.39 is 11.9 Å². The van der Waals surface area contributed by atoms with Crippen LogP contribution in [0, 0.1) is 5.92 Å². The maximum Gasteiger partial charge on any atom is 0.310 e. The first-order chi connectivity index (χ1) is 14.0. The van der Waals surface area contributed by atoms with Gasteiger partial charge in [-0.2, -0.15) is 0 Å². The summed E-state index contributed by atoms with van der Waals surface area (Å²) in [7, 11) is 1.35. The lowest BCUT2D eigenvalue weighted by Gasteiger charge is -2.23. The topological polar surface area (TPSA) is 128 Å². The highest BCUT2D eigenvalue weighted by Gasteiger charge is 2.36. The van der Waals surface area contributed by atoms with E-state index in [9.17, 15) is 14.4 Å². The first-order valence-electron chi connectivity index (χ1n) is 9.86. The van der Waals surface area contributed by atoms with Crippen LogP contribution in [0.5, 0.6) is 0 Å². The van der Waals surface area contributed by atoms with Gasteiger partial charge in [0.1, 0.15) is 17.4 Å². The summed E-state index contributed by atoms with van der Waals surface area (Å²) in [5.41, 5.74) is 6.47. The molecule has 156 valence electrons. The van der Waals surface area contributed by atoms with Crippen molar-refractivity contribution >= 4 is 23.4 Å². The van der Waals surface area contributed by atoms with Gasteiger partial charge in [0, 0.05) is 18.4 Å². The summed E-state index contributed by atoms with van der Waals surface area (Å²) < 4.78 is 6.57. The average Bonchev–Trinajstić information content (AvgIpc) is 3.37. The molecule has 0 aliphatic heterocycles. The third-order valence-electron chi connectivity index (χ3n) is 5.26. The van der Waals surface area contributed by atoms with Gasteiger partial charge in [0.15, 0.2) is 0 Å². The van der Waals surface area contributed by atoms with Crippen LogP contribution in [0.25, 0.3) is 5.65 Å². The van der Waals surface area contributed by atoms with Crippen molar-refractivity contribution in [1.82, 2.24) is 20.0 Å². The lowest BCUT2D eigenvalue weighted by molar-refractivity contribution is -0.146. The minimum absolute atomic E-state index is 0.232. The van der Waals surface area contributed by atoms with E-state index in [0.29, 0.717) is 37.9 Å². The Bertz CT molecular complexity index is 848. The number of hydrogen-bond acceptors (Lipinski definition) is 6. The predicted molar refractivity (Wildman–Crippen MR) is 106 cm³/mol. The fourth-order valence-corrected chi connectivity index (χ4v) is 3.72. The summed E-state index contributed by atoms with van der Waals surface area (Å²) >= 11 is 0. The standard InChI is InChI=1S/C20H27N5O4/c1-29-20(28)13-6-4-7-14(13)23-18(26)15(8-5-10-21)24-19(27)16-12-25-11-3-2-9-17(25)22-16/h2-3,9,11-15H,4-8,10,21H2,1H3,(H,23,26)(H,24,27)/t13-,14+,15+/m1/s1. The van der Waals surface area contributed by atoms with Crippen LogP contribution in [0.4, 0.5) is 0 Å². The van der Waals surface area contributed by atoms with Gasteiger partial charge < -0.3 is 25.5 Å². The summed E-state index contributed by atoms with van der Waals surface area (Å²) in [4.78, 5) is 41.7. The first-order valence-corrected chi connectivity index (χ1v) is 9.86. The first kappa shape index (κ1) is 20.8. The highest BCUT2D eigenvalue weighted by Crippen LogP contribution is 2.26. The number of nitrogens with two attached hydrogens (primary N) is 1. The van der Waals surface area contributed by atoms with Crippen molar-refractivity contribution in [2.75, 3.05) is 13.7 Å². The zero-order chi connectivity index (χ0) is 20.8. The van der Waals surface area contributed by atoms with Crippen LogP contribution >= 0.6 is 0 Å². The highest BCUT2D eigenvalue weighted by molar-refractivity contribution is 5.96. The molecule has 1 fully saturated rings. The Kier molecular flexibility index (Phi) is 6.82. The summed E-state index contributed by atoms with van der Waals surface area (Å²) in [5, 5.41) is 5.68. The van der Waals surface area contributed by atoms with Gasteiger partial charge in [0.05, 0.1) is 13.0 Å². The number of ether oxygens (including phenoxy) is 1. The Labute approximate surface area is 169 Å². The van der Waals surface area contributed by atoms with Crippen LogP contribution < -0.4 is 16.4 Å². The maximum absolute atomic E-state index is 12.9. The normalized spacial score (nSPS) is 19.7. The Balaban J connectivity index is 1.68. The monoisotopic (exact) mass is 401 g/mol. The molecule has 2 amide bonds. The molecular formula is C20H27N5O4. The SMILES string of the molecule is COC(=O)[C@@H]1CCC[C@@H]1NC(=O)[C@H](CCCN)NC(=O)c1cn2ccccc2n1. The molecule has 0 bridgehead atoms. The highest BCUT2D eigenvalue weighted by atomic mass is 16.5. The molecule has 4 N–H and O–H groups in total. The Morgan fingerprint density at radius 1 is 1.34 bits per heavy atom. The zero-order valence-corrected chi connectivity index (χ0v) is 16.5. The molecule has 0 spiro atoms. The molecule has 3 rings (SSSR count). The summed E-state index contributed by atoms with van der Waals surface area (Å²) in [5.74, 6) is -1.42. The fraction of sp³-hybridized carbons (Fsp3) is 0.500. The van der Waals surface area contributed by atoms with Crippen LogP contribution in [0.2, 0.25) is 0 Å². The van der Waals surface area contributed by atoms with Crippen molar-refractivity contribution in [3.8, 4) is 0 Å². The molecule has 2 aromatic heterocycles. The molecule has 0 saturated heterocycles. The zero-order valence-electron chi connectivity index (χ0n) is 16.5. The van der Waals surface area contributed by atoms with Crippen molar-refractivity contribution in [2.24, 2.45) is 11.7 Å². The average molecular weight is 401 g/mol. The predicted octanol–water partition coefficient (Wildman–Crippen LogP) is 0.630. The van der Waals surface area contributed by atoms with E-state index in [-0.39, 0.29) is 29.5 Å². The molecule has 2 heterocycles. The Hall–Kier alpha value is -2.94. The fourth-order valence-electron chi connectivity index (χ4n) is 3.72. The molecule has 9 nitrogen and oxygen atoms in total. The van der Waals surface area contributed by atoms with E-state index in [1.165, 1.54) is 7.11 Å². The minimum atomic E-state index is -0.755. The van der Waals surface area contributed by atoms with E-state index in [2.05, 4.69) is 15.6 Å². The summed E-state index contributed by atoms with van der Waals surface area (Å²) in [6.07, 6.45) is 6.61. The van der Waals surface area contributed by atoms with Gasteiger partial charge in [-0.15, -0.1) is 0 Å². The van der Waals surface area contributed by atoms with Crippen LogP contribution in [0.15, 0.2) is 30.6 Å². The van der Waals surface area contributed by atoms with Gasteiger partial charge in [-0.3, -0.25) is 14.4 Å². The number of rotatable bonds is 8. The van der Waals surface area contributed by atoms with Crippen molar-refractivity contribution < 1.29 is 19.1 Å². The van der Waals surface area contributed by atoms with Crippen molar-refractivity contribution in [2.45, 2.75) is 44.2 Å². The van der Waals surface area contributed by atoms with Gasteiger partial charge >= 0.3 is 5.97 Å². The molecule has 1 saturated carbocycles. The number of methoxy groups -OCH3 is 1. The molecule has 0 aromatic carbocycles. The van der Waals surface area contributed by atoms with E-state index in [4.69, 9.17) is 10.5 Å². The number of aromatic nitrogens is 2. The maximum atomic E-state index is 12.9. The summed E-state index contributed by atoms with van der Waals surface area (Å²) in [6.45, 7) is 0.405. The molecule has 3 atom stereocenters. The van der Waals surface area contributed by atoms with Gasteiger partial charge in [0.2, 0.25) is 5.91 Å². The van der Waals surface area contributed by atoms with E-state index in [0.717, 1.165) is 6.42 Å². The summed E-state index contributed by atoms with van der Waals surface area (Å²) in [6, 6.07) is 4.42. The number of amides is 2. The third kappa shape index (κ3) is 4.92. The van der Waals surface area contributed by atoms with Crippen LogP contribution in [0.3, 0.4) is 0 Å². The minimum Gasteiger partial charge on any atom is -0.469 e. The smallest absolute Gasteiger partial charge is 0.310 e. The van der Waals surface area contributed by atoms with Gasteiger partial charge in [-0.25, -0.2) is 4.98 Å². The number of carbonyl (C=O) groups is 3. The molecule has 1 aliphatic rings. The number of pyridine rings is 1. The lowest BCUT2D eigenvalue weighted by Crippen LogP contribution is -2.51. The number of nitrogens with one attached hydrogen (secondary N) is 2. The second kappa shape index (κ2) is 9.51. The van der Waals surface area contributed by atoms with E-state index in [1.54, 1.807) is 22.9 Å². The lowest BCUT2D eigenvalue weighted by atomic mass is 10.0. The van der Waals surface area contributed by atoms with Crippen LogP contribution in [0.1, 0.15) is 42.6 Å². The quantitative estimate of drug-likeness (QED) is 0.557. The molecule has 29 heavy (non-hydrogen) atoms. The number of esters is 1. The number of hydrogen-bond donors (Lipinski definition) is 3. The number of fused-ring (bicyclic) bond motifs is 1. The number of carbonyl (C=O) groups excluding carboxylic acids is 3. The Morgan fingerprint density at radius 2 is 2.17 bits per heavy atom. The second-order valence-electron chi connectivity index (χ2n) is 7.22. The third-order valence-corrected chi connectivity index (χ3v) is 5.26. The van der Waals surface area contributed by atoms with Crippen LogP contribution in [-0.4, -0.2) is 52.9 Å². The van der Waals surface area contributed by atoms with Crippen molar-refractivity contribution in [3.63, 3.8) is 0 Å². The Morgan fingerprint density at radius 3 is 2.90 bits per heavy atom. The largest absolute Gasteiger partial charge is 0.469 e. The molecule has 2 aromatic rings. The van der Waals surface area contributed by atoms with Gasteiger partial charge in [-0.1, -0.05) is 12.5 Å².